The molecule has 0 atom stereocenters. The number of esters is 2. The topological polar surface area (TPSA) is 74.3 Å². The average Bonchev–Trinajstić information content (AvgIpc) is 2.73. The maximum Gasteiger partial charge on any atom is 0.355 e. The van der Waals surface area contributed by atoms with Crippen molar-refractivity contribution >= 4 is 29.2 Å². The Balaban J connectivity index is 2.11. The number of nitrogens with zero attached hydrogens (tertiary/aromatic N) is 1. The number of benzene rings is 2. The minimum atomic E-state index is -0.759. The number of carbonyl (C=O) groups is 2. The van der Waals surface area contributed by atoms with Gasteiger partial charge in [0.2, 0.25) is 0 Å². The Morgan fingerprint density at radius 3 is 2.55 bits per heavy atom. The van der Waals surface area contributed by atoms with E-state index in [2.05, 4.69) is 0 Å². The van der Waals surface area contributed by atoms with Crippen LogP contribution in [0.1, 0.15) is 0 Å². The second-order valence-corrected chi connectivity index (χ2v) is 6.32. The van der Waals surface area contributed by atoms with E-state index in [-0.39, 0.29) is 36.1 Å². The first-order valence-electron chi connectivity index (χ1n) is 8.42. The van der Waals surface area contributed by atoms with Crippen LogP contribution in [0.25, 0.3) is 0 Å². The number of anilines is 1. The molecule has 152 valence electrons. The van der Waals surface area contributed by atoms with E-state index in [1.165, 1.54) is 43.4 Å². The van der Waals surface area contributed by atoms with Gasteiger partial charge in [-0.15, -0.1) is 0 Å². The summed E-state index contributed by atoms with van der Waals surface area (Å²) < 4.78 is 34.4. The first kappa shape index (κ1) is 20.6. The van der Waals surface area contributed by atoms with Crippen LogP contribution in [0.5, 0.6) is 11.5 Å². The van der Waals surface area contributed by atoms with E-state index >= 15 is 0 Å². The number of rotatable bonds is 5. The highest BCUT2D eigenvalue weighted by atomic mass is 35.5. The predicted octanol–water partition coefficient (Wildman–Crippen LogP) is 3.67. The van der Waals surface area contributed by atoms with Gasteiger partial charge in [0.15, 0.2) is 5.75 Å². The summed E-state index contributed by atoms with van der Waals surface area (Å²) in [6.45, 7) is -0.209. The lowest BCUT2D eigenvalue weighted by Gasteiger charge is -2.32. The third-order valence-electron chi connectivity index (χ3n) is 4.07. The van der Waals surface area contributed by atoms with Crippen LogP contribution in [0.15, 0.2) is 53.7 Å². The molecule has 0 spiro atoms. The summed E-state index contributed by atoms with van der Waals surface area (Å²) >= 11 is 6.14. The molecule has 0 bridgehead atoms. The zero-order valence-corrected chi connectivity index (χ0v) is 16.4. The van der Waals surface area contributed by atoms with Crippen molar-refractivity contribution < 1.29 is 32.9 Å². The number of carbonyl (C=O) groups excluding carboxylic acids is 2. The molecule has 9 heteroatoms. The second-order valence-electron chi connectivity index (χ2n) is 5.89. The molecule has 0 radical (unpaired) electrons. The fourth-order valence-electron chi connectivity index (χ4n) is 2.78. The monoisotopic (exact) mass is 421 g/mol. The molecule has 0 fully saturated rings. The van der Waals surface area contributed by atoms with Crippen LogP contribution in [0.3, 0.4) is 0 Å². The van der Waals surface area contributed by atoms with E-state index in [1.54, 1.807) is 18.2 Å². The quantitative estimate of drug-likeness (QED) is 0.682. The number of halogens is 2. The number of hydrogen-bond acceptors (Lipinski definition) is 7. The summed E-state index contributed by atoms with van der Waals surface area (Å²) in [4.78, 5) is 26.0. The molecule has 1 aliphatic heterocycles. The molecule has 0 N–H and O–H groups in total. The van der Waals surface area contributed by atoms with Crippen molar-refractivity contribution in [1.29, 1.82) is 0 Å². The average molecular weight is 422 g/mol. The molecule has 0 saturated heterocycles. The predicted molar refractivity (Wildman–Crippen MR) is 102 cm³/mol. The Kier molecular flexibility index (Phi) is 6.36. The van der Waals surface area contributed by atoms with E-state index < -0.39 is 17.8 Å². The Hall–Kier alpha value is -3.10. The summed E-state index contributed by atoms with van der Waals surface area (Å²) in [6, 6.07) is 10.2. The van der Waals surface area contributed by atoms with Gasteiger partial charge in [0.05, 0.1) is 32.1 Å². The second kappa shape index (κ2) is 8.93. The van der Waals surface area contributed by atoms with E-state index in [9.17, 15) is 14.0 Å². The Morgan fingerprint density at radius 2 is 1.86 bits per heavy atom. The number of hydrogen-bond donors (Lipinski definition) is 0. The lowest BCUT2D eigenvalue weighted by Crippen LogP contribution is -2.39. The third-order valence-corrected chi connectivity index (χ3v) is 4.30. The summed E-state index contributed by atoms with van der Waals surface area (Å²) in [5.74, 6) is -1.46. The molecule has 0 aliphatic carbocycles. The molecule has 0 aromatic heterocycles. The zero-order chi connectivity index (χ0) is 21.0. The summed E-state index contributed by atoms with van der Waals surface area (Å²) in [5.41, 5.74) is 0.252. The van der Waals surface area contributed by atoms with Crippen LogP contribution in [0.2, 0.25) is 5.02 Å². The molecule has 7 nitrogen and oxygen atoms in total. The molecule has 1 heterocycles. The first-order valence-corrected chi connectivity index (χ1v) is 8.80. The highest BCUT2D eigenvalue weighted by Gasteiger charge is 2.33. The number of ether oxygens (including phenoxy) is 4. The van der Waals surface area contributed by atoms with Crippen LogP contribution < -0.4 is 9.64 Å². The smallest absolute Gasteiger partial charge is 0.355 e. The Labute approximate surface area is 171 Å². The minimum absolute atomic E-state index is 0.0118. The summed E-state index contributed by atoms with van der Waals surface area (Å²) in [7, 11) is 2.39. The van der Waals surface area contributed by atoms with Gasteiger partial charge in [-0.25, -0.2) is 14.0 Å². The van der Waals surface area contributed by atoms with Gasteiger partial charge in [-0.3, -0.25) is 0 Å². The number of methoxy groups -OCH3 is 2. The minimum Gasteiger partial charge on any atom is -0.466 e. The standard InChI is InChI=1S/C20H17ClFNO6/c1-26-19(24)15-10-28-11-23(18(15)20(25)27-2)16-8-12(21)6-7-17(16)29-14-5-3-4-13(22)9-14/h3-9H,10-11H2,1-2H3. The van der Waals surface area contributed by atoms with Crippen molar-refractivity contribution in [2.45, 2.75) is 0 Å². The third kappa shape index (κ3) is 4.49. The summed E-state index contributed by atoms with van der Waals surface area (Å²) in [5, 5.41) is 0.348. The highest BCUT2D eigenvalue weighted by Crippen LogP contribution is 2.38. The maximum atomic E-state index is 13.5. The van der Waals surface area contributed by atoms with Gasteiger partial charge in [-0.2, -0.15) is 0 Å². The van der Waals surface area contributed by atoms with Crippen molar-refractivity contribution in [1.82, 2.24) is 0 Å². The van der Waals surface area contributed by atoms with E-state index in [0.29, 0.717) is 10.7 Å². The first-order chi connectivity index (χ1) is 13.9. The molecule has 1 aliphatic rings. The Bertz CT molecular complexity index is 977. The van der Waals surface area contributed by atoms with Gasteiger partial charge in [-0.1, -0.05) is 17.7 Å². The molecular weight excluding hydrogens is 405 g/mol. The van der Waals surface area contributed by atoms with Gasteiger partial charge >= 0.3 is 11.9 Å². The van der Waals surface area contributed by atoms with Crippen molar-refractivity contribution in [3.8, 4) is 11.5 Å². The summed E-state index contributed by atoms with van der Waals surface area (Å²) in [6.07, 6.45) is 0. The van der Waals surface area contributed by atoms with Crippen LogP contribution in [0.4, 0.5) is 10.1 Å². The largest absolute Gasteiger partial charge is 0.466 e. The van der Waals surface area contributed by atoms with Gasteiger partial charge < -0.3 is 23.8 Å². The van der Waals surface area contributed by atoms with Crippen molar-refractivity contribution in [3.05, 3.63) is 64.6 Å². The molecule has 29 heavy (non-hydrogen) atoms. The zero-order valence-electron chi connectivity index (χ0n) is 15.6. The van der Waals surface area contributed by atoms with E-state index in [4.69, 9.17) is 30.5 Å². The van der Waals surface area contributed by atoms with Crippen LogP contribution in [0, 0.1) is 5.82 Å². The fourth-order valence-corrected chi connectivity index (χ4v) is 2.95. The molecule has 0 amide bonds. The SMILES string of the molecule is COC(=O)C1=C(C(=O)OC)N(c2cc(Cl)ccc2Oc2cccc(F)c2)COC1. The lowest BCUT2D eigenvalue weighted by atomic mass is 10.1. The fraction of sp³-hybridized carbons (Fsp3) is 0.200. The van der Waals surface area contributed by atoms with Crippen molar-refractivity contribution in [2.24, 2.45) is 0 Å². The van der Waals surface area contributed by atoms with Crippen molar-refractivity contribution in [2.75, 3.05) is 32.5 Å². The molecule has 0 unspecified atom stereocenters. The molecule has 2 aromatic carbocycles. The maximum absolute atomic E-state index is 13.5. The van der Waals surface area contributed by atoms with Crippen LogP contribution >= 0.6 is 11.6 Å². The molecular formula is C20H17ClFNO6. The van der Waals surface area contributed by atoms with Gasteiger partial charge in [0, 0.05) is 11.1 Å². The molecule has 3 rings (SSSR count). The van der Waals surface area contributed by atoms with E-state index in [1.807, 2.05) is 0 Å². The van der Waals surface area contributed by atoms with Crippen LogP contribution in [-0.4, -0.2) is 39.5 Å². The van der Waals surface area contributed by atoms with Gasteiger partial charge in [0.25, 0.3) is 0 Å². The van der Waals surface area contributed by atoms with E-state index in [0.717, 1.165) is 0 Å². The van der Waals surface area contributed by atoms with Crippen molar-refractivity contribution in [3.63, 3.8) is 0 Å². The molecule has 2 aromatic rings. The lowest BCUT2D eigenvalue weighted by molar-refractivity contribution is -0.140. The molecule has 0 saturated carbocycles. The van der Waals surface area contributed by atoms with Crippen LogP contribution in [-0.2, 0) is 23.8 Å². The Morgan fingerprint density at radius 1 is 1.10 bits per heavy atom. The van der Waals surface area contributed by atoms with Gasteiger partial charge in [0.1, 0.15) is 24.0 Å². The highest BCUT2D eigenvalue weighted by molar-refractivity contribution is 6.31. The van der Waals surface area contributed by atoms with Gasteiger partial charge in [-0.05, 0) is 30.3 Å². The normalized spacial score (nSPS) is 13.9.